The summed E-state index contributed by atoms with van der Waals surface area (Å²) in [6.07, 6.45) is 7.13. The van der Waals surface area contributed by atoms with Gasteiger partial charge in [0.1, 0.15) is 5.65 Å². The van der Waals surface area contributed by atoms with Gasteiger partial charge in [-0.2, -0.15) is 11.8 Å². The Bertz CT molecular complexity index is 681. The van der Waals surface area contributed by atoms with E-state index in [1.807, 2.05) is 24.0 Å². The van der Waals surface area contributed by atoms with Crippen molar-refractivity contribution in [2.75, 3.05) is 26.4 Å². The zero-order chi connectivity index (χ0) is 16.9. The number of thioether (sulfide) groups is 1. The number of nitrogens with zero attached hydrogens (tertiary/aromatic N) is 3. The Hall–Kier alpha value is -0.960. The Balaban J connectivity index is 0.00000288. The van der Waals surface area contributed by atoms with Gasteiger partial charge in [-0.25, -0.2) is 4.98 Å². The Morgan fingerprint density at radius 1 is 1.38 bits per heavy atom. The molecular weight excluding hydrogens is 433 g/mol. The standard InChI is InChI=1S/C17H27N5S.HI/c1-13-7-6-10-22-11-14(21-15(13)22)8-9-19-16(18-4)20-12-17(2,3)23-5;/h6-7,10-11H,8-9,12H2,1-5H3,(H2,18,19,20);1H. The van der Waals surface area contributed by atoms with E-state index in [1.54, 1.807) is 7.05 Å². The van der Waals surface area contributed by atoms with E-state index in [9.17, 15) is 0 Å². The van der Waals surface area contributed by atoms with Crippen LogP contribution < -0.4 is 10.6 Å². The molecule has 0 aliphatic carbocycles. The second-order valence-electron chi connectivity index (χ2n) is 6.22. The van der Waals surface area contributed by atoms with Crippen LogP contribution in [-0.4, -0.2) is 46.5 Å². The molecule has 0 aliphatic heterocycles. The van der Waals surface area contributed by atoms with Crippen LogP contribution in [0.2, 0.25) is 0 Å². The Morgan fingerprint density at radius 3 is 2.75 bits per heavy atom. The summed E-state index contributed by atoms with van der Waals surface area (Å²) < 4.78 is 2.27. The molecule has 0 amide bonds. The topological polar surface area (TPSA) is 53.7 Å². The van der Waals surface area contributed by atoms with E-state index in [0.29, 0.717) is 0 Å². The third-order valence-electron chi connectivity index (χ3n) is 3.86. The number of hydrogen-bond donors (Lipinski definition) is 2. The van der Waals surface area contributed by atoms with Gasteiger partial charge >= 0.3 is 0 Å². The van der Waals surface area contributed by atoms with Crippen molar-refractivity contribution in [3.63, 3.8) is 0 Å². The average molecular weight is 461 g/mol. The normalized spacial score (nSPS) is 12.1. The average Bonchev–Trinajstić information content (AvgIpc) is 2.95. The van der Waals surface area contributed by atoms with Gasteiger partial charge < -0.3 is 15.0 Å². The second-order valence-corrected chi connectivity index (χ2v) is 7.73. The molecule has 7 heteroatoms. The van der Waals surface area contributed by atoms with E-state index in [-0.39, 0.29) is 28.7 Å². The third kappa shape index (κ3) is 5.84. The lowest BCUT2D eigenvalue weighted by atomic mass is 10.2. The van der Waals surface area contributed by atoms with Gasteiger partial charge in [0.15, 0.2) is 5.96 Å². The van der Waals surface area contributed by atoms with Crippen LogP contribution in [0.25, 0.3) is 5.65 Å². The van der Waals surface area contributed by atoms with Crippen molar-refractivity contribution < 1.29 is 0 Å². The summed E-state index contributed by atoms with van der Waals surface area (Å²) in [7, 11) is 1.80. The van der Waals surface area contributed by atoms with E-state index < -0.39 is 0 Å². The molecule has 2 aromatic heterocycles. The summed E-state index contributed by atoms with van der Waals surface area (Å²) in [5.41, 5.74) is 3.32. The molecule has 0 aromatic carbocycles. The van der Waals surface area contributed by atoms with Crippen LogP contribution in [0.4, 0.5) is 0 Å². The molecule has 2 aromatic rings. The van der Waals surface area contributed by atoms with Gasteiger partial charge in [0, 0.05) is 43.7 Å². The second kappa shape index (κ2) is 9.50. The monoisotopic (exact) mass is 461 g/mol. The van der Waals surface area contributed by atoms with Crippen LogP contribution in [0.1, 0.15) is 25.1 Å². The Labute approximate surface area is 166 Å². The quantitative estimate of drug-likeness (QED) is 0.395. The summed E-state index contributed by atoms with van der Waals surface area (Å²) in [5, 5.41) is 6.73. The number of halogens is 1. The van der Waals surface area contributed by atoms with E-state index in [0.717, 1.165) is 36.8 Å². The number of fused-ring (bicyclic) bond motifs is 1. The predicted octanol–water partition coefficient (Wildman–Crippen LogP) is 3.11. The molecule has 0 saturated carbocycles. The Morgan fingerprint density at radius 2 is 2.12 bits per heavy atom. The van der Waals surface area contributed by atoms with Crippen molar-refractivity contribution >= 4 is 47.3 Å². The van der Waals surface area contributed by atoms with Crippen molar-refractivity contribution in [3.05, 3.63) is 35.8 Å². The Kier molecular flexibility index (Phi) is 8.35. The van der Waals surface area contributed by atoms with Crippen LogP contribution in [0.5, 0.6) is 0 Å². The van der Waals surface area contributed by atoms with Crippen LogP contribution in [0, 0.1) is 6.92 Å². The molecule has 5 nitrogen and oxygen atoms in total. The summed E-state index contributed by atoms with van der Waals surface area (Å²) in [4.78, 5) is 8.97. The summed E-state index contributed by atoms with van der Waals surface area (Å²) in [6, 6.07) is 4.13. The highest BCUT2D eigenvalue weighted by atomic mass is 127. The lowest BCUT2D eigenvalue weighted by molar-refractivity contribution is 0.663. The fourth-order valence-corrected chi connectivity index (χ4v) is 2.44. The highest BCUT2D eigenvalue weighted by Crippen LogP contribution is 2.19. The van der Waals surface area contributed by atoms with E-state index in [1.165, 1.54) is 5.56 Å². The number of pyridine rings is 1. The van der Waals surface area contributed by atoms with Crippen LogP contribution in [0.15, 0.2) is 29.5 Å². The highest BCUT2D eigenvalue weighted by Gasteiger charge is 2.16. The van der Waals surface area contributed by atoms with Crippen molar-refractivity contribution in [2.45, 2.75) is 31.9 Å². The first kappa shape index (κ1) is 21.1. The minimum Gasteiger partial charge on any atom is -0.356 e. The summed E-state index contributed by atoms with van der Waals surface area (Å²) >= 11 is 1.85. The lowest BCUT2D eigenvalue weighted by Crippen LogP contribution is -2.43. The van der Waals surface area contributed by atoms with E-state index in [2.05, 4.69) is 59.3 Å². The first-order chi connectivity index (χ1) is 10.9. The van der Waals surface area contributed by atoms with Gasteiger partial charge in [-0.15, -0.1) is 24.0 Å². The van der Waals surface area contributed by atoms with Crippen LogP contribution in [0.3, 0.4) is 0 Å². The van der Waals surface area contributed by atoms with Crippen molar-refractivity contribution in [2.24, 2.45) is 4.99 Å². The highest BCUT2D eigenvalue weighted by molar-refractivity contribution is 14.0. The largest absolute Gasteiger partial charge is 0.356 e. The maximum Gasteiger partial charge on any atom is 0.191 e. The molecule has 0 radical (unpaired) electrons. The van der Waals surface area contributed by atoms with Crippen molar-refractivity contribution in [3.8, 4) is 0 Å². The molecule has 2 N–H and O–H groups in total. The molecule has 2 heterocycles. The lowest BCUT2D eigenvalue weighted by Gasteiger charge is -2.23. The number of nitrogens with one attached hydrogen (secondary N) is 2. The first-order valence-electron chi connectivity index (χ1n) is 7.88. The van der Waals surface area contributed by atoms with Gasteiger partial charge in [-0.3, -0.25) is 4.99 Å². The smallest absolute Gasteiger partial charge is 0.191 e. The molecule has 134 valence electrons. The van der Waals surface area contributed by atoms with E-state index >= 15 is 0 Å². The van der Waals surface area contributed by atoms with Crippen LogP contribution in [-0.2, 0) is 6.42 Å². The molecule has 0 fully saturated rings. The number of aryl methyl sites for hydroxylation is 1. The number of rotatable bonds is 6. The maximum absolute atomic E-state index is 4.69. The van der Waals surface area contributed by atoms with Gasteiger partial charge in [0.25, 0.3) is 0 Å². The molecule has 0 saturated heterocycles. The fraction of sp³-hybridized carbons (Fsp3) is 0.529. The molecule has 0 spiro atoms. The van der Waals surface area contributed by atoms with Gasteiger partial charge in [-0.05, 0) is 38.7 Å². The molecule has 24 heavy (non-hydrogen) atoms. The van der Waals surface area contributed by atoms with Crippen molar-refractivity contribution in [1.82, 2.24) is 20.0 Å². The van der Waals surface area contributed by atoms with Gasteiger partial charge in [0.05, 0.1) is 5.69 Å². The molecule has 0 aliphatic rings. The number of aromatic nitrogens is 2. The fourth-order valence-electron chi connectivity index (χ4n) is 2.22. The molecule has 0 atom stereocenters. The predicted molar refractivity (Wildman–Crippen MR) is 116 cm³/mol. The zero-order valence-electron chi connectivity index (χ0n) is 15.1. The molecule has 0 unspecified atom stereocenters. The van der Waals surface area contributed by atoms with Crippen molar-refractivity contribution in [1.29, 1.82) is 0 Å². The number of guanidine groups is 1. The number of hydrogen-bond acceptors (Lipinski definition) is 3. The van der Waals surface area contributed by atoms with E-state index in [4.69, 9.17) is 4.98 Å². The number of imidazole rings is 1. The minimum absolute atomic E-state index is 0. The SMILES string of the molecule is CN=C(NCCc1cn2cccc(C)c2n1)NCC(C)(C)SC.I. The molecule has 2 rings (SSSR count). The minimum atomic E-state index is 0. The summed E-state index contributed by atoms with van der Waals surface area (Å²) in [5.74, 6) is 0.840. The third-order valence-corrected chi connectivity index (χ3v) is 5.11. The number of aliphatic imine (C=N–C) groups is 1. The summed E-state index contributed by atoms with van der Waals surface area (Å²) in [6.45, 7) is 8.21. The maximum atomic E-state index is 4.69. The molecule has 0 bridgehead atoms. The van der Waals surface area contributed by atoms with Crippen LogP contribution >= 0.6 is 35.7 Å². The zero-order valence-corrected chi connectivity index (χ0v) is 18.2. The van der Waals surface area contributed by atoms with Gasteiger partial charge in [0.2, 0.25) is 0 Å². The van der Waals surface area contributed by atoms with Gasteiger partial charge in [-0.1, -0.05) is 6.07 Å². The molecular formula is C17H28IN5S. The first-order valence-corrected chi connectivity index (χ1v) is 9.10.